The molecule has 24 heavy (non-hydrogen) atoms. The smallest absolute Gasteiger partial charge is 0.256 e. The maximum Gasteiger partial charge on any atom is 0.256 e. The molecule has 0 saturated heterocycles. The number of halogens is 3. The Hall–Kier alpha value is -2.40. The van der Waals surface area contributed by atoms with Crippen LogP contribution in [0.2, 0.25) is 0 Å². The predicted octanol–water partition coefficient (Wildman–Crippen LogP) is 3.36. The Morgan fingerprint density at radius 1 is 1.29 bits per heavy atom. The maximum atomic E-state index is 13.8. The molecular formula is C16H11F3N2O2S. The first-order valence-corrected chi connectivity index (χ1v) is 8.45. The van der Waals surface area contributed by atoms with Gasteiger partial charge in [0.05, 0.1) is 27.3 Å². The fourth-order valence-corrected chi connectivity index (χ4v) is 3.38. The van der Waals surface area contributed by atoms with Crippen molar-refractivity contribution in [3.8, 4) is 17.7 Å². The van der Waals surface area contributed by atoms with Crippen molar-refractivity contribution in [3.63, 3.8) is 0 Å². The van der Waals surface area contributed by atoms with E-state index in [0.29, 0.717) is 0 Å². The van der Waals surface area contributed by atoms with Gasteiger partial charge >= 0.3 is 0 Å². The Morgan fingerprint density at radius 3 is 2.67 bits per heavy atom. The molecule has 2 aromatic rings. The quantitative estimate of drug-likeness (QED) is 0.850. The first-order valence-electron chi connectivity index (χ1n) is 6.89. The normalized spacial score (nSPS) is 16.3. The number of hydrogen-bond donors (Lipinski definition) is 0. The van der Waals surface area contributed by atoms with Crippen LogP contribution in [0.1, 0.15) is 16.7 Å². The molecule has 8 heteroatoms. The van der Waals surface area contributed by atoms with Gasteiger partial charge in [0.2, 0.25) is 5.88 Å². The van der Waals surface area contributed by atoms with E-state index in [9.17, 15) is 17.4 Å². The van der Waals surface area contributed by atoms with Crippen LogP contribution in [0.3, 0.4) is 0 Å². The largest absolute Gasteiger partial charge is 0.439 e. The monoisotopic (exact) mass is 352 g/mol. The molecule has 0 saturated carbocycles. The van der Waals surface area contributed by atoms with Gasteiger partial charge in [-0.15, -0.1) is 0 Å². The highest BCUT2D eigenvalue weighted by Gasteiger charge is 2.41. The number of hydrogen-bond acceptors (Lipinski definition) is 4. The summed E-state index contributed by atoms with van der Waals surface area (Å²) in [6.45, 7) is 0. The predicted molar refractivity (Wildman–Crippen MR) is 80.1 cm³/mol. The van der Waals surface area contributed by atoms with E-state index in [2.05, 4.69) is 4.98 Å². The Labute approximate surface area is 138 Å². The van der Waals surface area contributed by atoms with Gasteiger partial charge in [-0.2, -0.15) is 5.26 Å². The number of ether oxygens (including phenoxy) is 1. The summed E-state index contributed by atoms with van der Waals surface area (Å²) in [6.07, 6.45) is 1.50. The van der Waals surface area contributed by atoms with Gasteiger partial charge in [0.25, 0.3) is 5.92 Å². The molecular weight excluding hydrogens is 341 g/mol. The van der Waals surface area contributed by atoms with Crippen molar-refractivity contribution in [3.05, 3.63) is 46.9 Å². The van der Waals surface area contributed by atoms with Gasteiger partial charge in [-0.05, 0) is 17.7 Å². The van der Waals surface area contributed by atoms with Crippen molar-refractivity contribution >= 4 is 10.8 Å². The van der Waals surface area contributed by atoms with Crippen molar-refractivity contribution in [2.45, 2.75) is 23.7 Å². The Morgan fingerprint density at radius 2 is 2.00 bits per heavy atom. The Balaban J connectivity index is 2.05. The molecule has 1 aliphatic rings. The van der Waals surface area contributed by atoms with E-state index < -0.39 is 35.4 Å². The summed E-state index contributed by atoms with van der Waals surface area (Å²) in [6, 6.07) is 5.14. The summed E-state index contributed by atoms with van der Waals surface area (Å²) in [5.41, 5.74) is 0.455. The highest BCUT2D eigenvalue weighted by molar-refractivity contribution is 7.84. The van der Waals surface area contributed by atoms with Crippen molar-refractivity contribution in [2.75, 3.05) is 6.26 Å². The summed E-state index contributed by atoms with van der Waals surface area (Å²) >= 11 is 0. The molecule has 124 valence electrons. The SMILES string of the molecule is CS(=O)c1cnc(Oc2cc(F)cc(C#N)c2)c2c1CC(F)(F)C2. The maximum absolute atomic E-state index is 13.8. The number of rotatable bonds is 3. The van der Waals surface area contributed by atoms with Crippen molar-refractivity contribution in [2.24, 2.45) is 0 Å². The number of nitrogens with zero attached hydrogens (tertiary/aromatic N) is 2. The van der Waals surface area contributed by atoms with Crippen LogP contribution >= 0.6 is 0 Å². The minimum Gasteiger partial charge on any atom is -0.439 e. The van der Waals surface area contributed by atoms with Crippen LogP contribution in [-0.4, -0.2) is 21.4 Å². The first kappa shape index (κ1) is 16.5. The van der Waals surface area contributed by atoms with E-state index in [1.54, 1.807) is 6.07 Å². The van der Waals surface area contributed by atoms with E-state index in [-0.39, 0.29) is 33.2 Å². The lowest BCUT2D eigenvalue weighted by Crippen LogP contribution is -2.15. The third kappa shape index (κ3) is 3.12. The average Bonchev–Trinajstić information content (AvgIpc) is 2.82. The molecule has 1 aliphatic carbocycles. The molecule has 3 rings (SSSR count). The minimum absolute atomic E-state index is 0.0122. The molecule has 0 amide bonds. The molecule has 1 aromatic carbocycles. The summed E-state index contributed by atoms with van der Waals surface area (Å²) in [4.78, 5) is 4.21. The number of fused-ring (bicyclic) bond motifs is 1. The zero-order chi connectivity index (χ0) is 17.5. The molecule has 0 N–H and O–H groups in total. The summed E-state index contributed by atoms with van der Waals surface area (Å²) in [7, 11) is -1.46. The third-order valence-corrected chi connectivity index (χ3v) is 4.59. The molecule has 1 atom stereocenters. The average molecular weight is 352 g/mol. The highest BCUT2D eigenvalue weighted by atomic mass is 32.2. The van der Waals surface area contributed by atoms with Gasteiger partial charge in [0.1, 0.15) is 11.6 Å². The molecule has 1 heterocycles. The highest BCUT2D eigenvalue weighted by Crippen LogP contribution is 2.41. The van der Waals surface area contributed by atoms with E-state index in [0.717, 1.165) is 12.1 Å². The fraction of sp³-hybridized carbons (Fsp3) is 0.250. The second-order valence-electron chi connectivity index (χ2n) is 5.44. The molecule has 0 radical (unpaired) electrons. The van der Waals surface area contributed by atoms with E-state index in [1.807, 2.05) is 0 Å². The zero-order valence-electron chi connectivity index (χ0n) is 12.5. The molecule has 0 aliphatic heterocycles. The van der Waals surface area contributed by atoms with Gasteiger partial charge in [-0.3, -0.25) is 4.21 Å². The molecule has 1 aromatic heterocycles. The van der Waals surface area contributed by atoms with E-state index in [1.165, 1.54) is 18.5 Å². The van der Waals surface area contributed by atoms with Crippen molar-refractivity contribution < 1.29 is 22.1 Å². The van der Waals surface area contributed by atoms with Crippen LogP contribution < -0.4 is 4.74 Å². The first-order chi connectivity index (χ1) is 11.3. The van der Waals surface area contributed by atoms with Crippen LogP contribution in [-0.2, 0) is 23.6 Å². The van der Waals surface area contributed by atoms with Crippen LogP contribution in [0.15, 0.2) is 29.3 Å². The number of alkyl halides is 2. The van der Waals surface area contributed by atoms with Crippen molar-refractivity contribution in [1.29, 1.82) is 5.26 Å². The van der Waals surface area contributed by atoms with E-state index in [4.69, 9.17) is 10.00 Å². The summed E-state index contributed by atoms with van der Waals surface area (Å²) in [5.74, 6) is -3.76. The molecule has 0 spiro atoms. The second-order valence-corrected chi connectivity index (χ2v) is 6.79. The van der Waals surface area contributed by atoms with Gasteiger partial charge in [0, 0.05) is 36.9 Å². The van der Waals surface area contributed by atoms with Crippen molar-refractivity contribution in [1.82, 2.24) is 4.98 Å². The molecule has 0 bridgehead atoms. The van der Waals surface area contributed by atoms with Crippen LogP contribution in [0, 0.1) is 17.1 Å². The van der Waals surface area contributed by atoms with Gasteiger partial charge in [-0.1, -0.05) is 0 Å². The Kier molecular flexibility index (Phi) is 4.05. The zero-order valence-corrected chi connectivity index (χ0v) is 13.3. The lowest BCUT2D eigenvalue weighted by Gasteiger charge is -2.11. The molecule has 0 fully saturated rings. The lowest BCUT2D eigenvalue weighted by molar-refractivity contribution is 0.0125. The fourth-order valence-electron chi connectivity index (χ4n) is 2.64. The summed E-state index contributed by atoms with van der Waals surface area (Å²) in [5, 5.41) is 8.85. The van der Waals surface area contributed by atoms with Crippen LogP contribution in [0.4, 0.5) is 13.2 Å². The van der Waals surface area contributed by atoms with Gasteiger partial charge in [0.15, 0.2) is 0 Å². The number of aromatic nitrogens is 1. The second kappa shape index (κ2) is 5.91. The summed E-state index contributed by atoms with van der Waals surface area (Å²) < 4.78 is 58.2. The van der Waals surface area contributed by atoms with Gasteiger partial charge in [-0.25, -0.2) is 18.2 Å². The lowest BCUT2D eigenvalue weighted by atomic mass is 10.2. The van der Waals surface area contributed by atoms with Crippen LogP contribution in [0.25, 0.3) is 0 Å². The molecule has 1 unspecified atom stereocenters. The minimum atomic E-state index is -2.97. The number of pyridine rings is 1. The van der Waals surface area contributed by atoms with E-state index >= 15 is 0 Å². The van der Waals surface area contributed by atoms with Crippen LogP contribution in [0.5, 0.6) is 11.6 Å². The number of nitriles is 1. The number of benzene rings is 1. The Bertz CT molecular complexity index is 894. The topological polar surface area (TPSA) is 63.0 Å². The van der Waals surface area contributed by atoms with Gasteiger partial charge < -0.3 is 4.74 Å². The third-order valence-electron chi connectivity index (χ3n) is 3.61. The molecule has 4 nitrogen and oxygen atoms in total. The standard InChI is InChI=1S/C16H11F3N2O2S/c1-24(22)14-8-21-15(13-6-16(18,19)5-12(13)14)23-11-3-9(7-20)2-10(17)4-11/h2-4,8H,5-6H2,1H3.